The van der Waals surface area contributed by atoms with Gasteiger partial charge in [0, 0.05) is 32.3 Å². The third-order valence-electron chi connectivity index (χ3n) is 6.69. The van der Waals surface area contributed by atoms with Gasteiger partial charge in [-0.2, -0.15) is 0 Å². The van der Waals surface area contributed by atoms with Crippen molar-refractivity contribution in [1.29, 1.82) is 0 Å². The van der Waals surface area contributed by atoms with Gasteiger partial charge in [0.05, 0.1) is 30.9 Å². The summed E-state index contributed by atoms with van der Waals surface area (Å²) in [7, 11) is 0. The maximum absolute atomic E-state index is 12.5. The largest absolute Gasteiger partial charge is 0.481 e. The van der Waals surface area contributed by atoms with Crippen molar-refractivity contribution in [3.8, 4) is 0 Å². The van der Waals surface area contributed by atoms with E-state index in [0.29, 0.717) is 63.7 Å². The lowest BCUT2D eigenvalue weighted by Crippen LogP contribution is -2.48. The maximum atomic E-state index is 12.5. The number of piperidine rings is 1. The van der Waals surface area contributed by atoms with Crippen LogP contribution in [0.15, 0.2) is 6.20 Å². The van der Waals surface area contributed by atoms with Gasteiger partial charge in [0.25, 0.3) is 0 Å². The van der Waals surface area contributed by atoms with Crippen molar-refractivity contribution in [2.24, 2.45) is 16.7 Å². The summed E-state index contributed by atoms with van der Waals surface area (Å²) in [6, 6.07) is 0. The smallest absolute Gasteiger partial charge is 0.310 e. The molecule has 0 aromatic carbocycles. The van der Waals surface area contributed by atoms with Crippen molar-refractivity contribution >= 4 is 11.9 Å². The van der Waals surface area contributed by atoms with Crippen LogP contribution in [0.5, 0.6) is 0 Å². The van der Waals surface area contributed by atoms with Gasteiger partial charge in [-0.05, 0) is 37.0 Å². The number of ether oxygens (including phenoxy) is 2. The van der Waals surface area contributed by atoms with Crippen LogP contribution < -0.4 is 0 Å². The number of likely N-dealkylation sites (tertiary alicyclic amines) is 1. The molecule has 0 atom stereocenters. The van der Waals surface area contributed by atoms with E-state index in [9.17, 15) is 14.7 Å². The average molecular weight is 465 g/mol. The first-order valence-electron chi connectivity index (χ1n) is 12.2. The summed E-state index contributed by atoms with van der Waals surface area (Å²) in [4.78, 5) is 26.3. The Labute approximate surface area is 196 Å². The Balaban J connectivity index is 1.44. The molecule has 3 rings (SSSR count). The lowest BCUT2D eigenvalue weighted by molar-refractivity contribution is -0.155. The van der Waals surface area contributed by atoms with Crippen LogP contribution >= 0.6 is 0 Å². The summed E-state index contributed by atoms with van der Waals surface area (Å²) in [5, 5.41) is 18.3. The lowest BCUT2D eigenvalue weighted by Gasteiger charge is -2.38. The van der Waals surface area contributed by atoms with Gasteiger partial charge in [-0.15, -0.1) is 5.10 Å². The second kappa shape index (κ2) is 11.4. The van der Waals surface area contributed by atoms with Gasteiger partial charge in [-0.25, -0.2) is 4.68 Å². The number of hydrogen-bond donors (Lipinski definition) is 1. The van der Waals surface area contributed by atoms with E-state index in [1.165, 1.54) is 25.7 Å². The Kier molecular flexibility index (Phi) is 8.87. The monoisotopic (exact) mass is 464 g/mol. The molecule has 1 aliphatic heterocycles. The molecular weight excluding hydrogens is 424 g/mol. The van der Waals surface area contributed by atoms with Gasteiger partial charge in [0.1, 0.15) is 6.61 Å². The van der Waals surface area contributed by atoms with Crippen molar-refractivity contribution in [2.45, 2.75) is 72.3 Å². The van der Waals surface area contributed by atoms with Crippen molar-refractivity contribution in [1.82, 2.24) is 19.9 Å². The standard InChI is InChI=1S/C24H40N4O5/c1-23(2,3)18-33-17-21(29)27-10-8-24(9-11-27,22(30)31)14-20-15-28(26-25-20)12-13-32-16-19-6-4-5-7-19/h15,19H,4-14,16-18H2,1-3H3,(H,30,31). The molecule has 9 nitrogen and oxygen atoms in total. The first-order valence-corrected chi connectivity index (χ1v) is 12.2. The van der Waals surface area contributed by atoms with Crippen molar-refractivity contribution in [2.75, 3.05) is 39.5 Å². The molecule has 2 aliphatic rings. The Morgan fingerprint density at radius 1 is 1.18 bits per heavy atom. The van der Waals surface area contributed by atoms with Crippen LogP contribution in [0, 0.1) is 16.7 Å². The number of aromatic nitrogens is 3. The Hall–Kier alpha value is -2.00. The first kappa shape index (κ1) is 25.6. The Morgan fingerprint density at radius 3 is 2.52 bits per heavy atom. The third kappa shape index (κ3) is 7.78. The molecule has 2 fully saturated rings. The zero-order chi connectivity index (χ0) is 23.9. The molecule has 1 N–H and O–H groups in total. The predicted octanol–water partition coefficient (Wildman–Crippen LogP) is 2.78. The summed E-state index contributed by atoms with van der Waals surface area (Å²) in [6.07, 6.45) is 8.06. The average Bonchev–Trinajstić information content (AvgIpc) is 3.42. The first-order chi connectivity index (χ1) is 15.7. The molecule has 0 unspecified atom stereocenters. The normalized spacial score (nSPS) is 19.2. The minimum atomic E-state index is -0.928. The molecule has 0 bridgehead atoms. The Bertz CT molecular complexity index is 774. The molecule has 1 saturated heterocycles. The molecule has 2 heterocycles. The Morgan fingerprint density at radius 2 is 1.88 bits per heavy atom. The number of amides is 1. The SMILES string of the molecule is CC(C)(C)COCC(=O)N1CCC(Cc2cn(CCOCC3CCCC3)nn2)(C(=O)O)CC1. The topological polar surface area (TPSA) is 107 Å². The lowest BCUT2D eigenvalue weighted by atomic mass is 9.75. The highest BCUT2D eigenvalue weighted by molar-refractivity contribution is 5.79. The van der Waals surface area contributed by atoms with Crippen LogP contribution in [0.3, 0.4) is 0 Å². The van der Waals surface area contributed by atoms with Gasteiger partial charge >= 0.3 is 5.97 Å². The third-order valence-corrected chi connectivity index (χ3v) is 6.69. The molecule has 1 saturated carbocycles. The van der Waals surface area contributed by atoms with E-state index in [4.69, 9.17) is 9.47 Å². The molecule has 186 valence electrons. The van der Waals surface area contributed by atoms with Crippen molar-refractivity contribution < 1.29 is 24.2 Å². The molecule has 1 aromatic heterocycles. The highest BCUT2D eigenvalue weighted by atomic mass is 16.5. The van der Waals surface area contributed by atoms with Crippen LogP contribution in [0.25, 0.3) is 0 Å². The number of aliphatic carboxylic acids is 1. The molecule has 1 aliphatic carbocycles. The number of carbonyl (C=O) groups excluding carboxylic acids is 1. The summed E-state index contributed by atoms with van der Waals surface area (Å²) in [6.45, 7) is 9.52. The molecule has 1 aromatic rings. The number of carboxylic acid groups (broad SMARTS) is 1. The van der Waals surface area contributed by atoms with E-state index in [-0.39, 0.29) is 17.9 Å². The number of nitrogens with zero attached hydrogens (tertiary/aromatic N) is 4. The van der Waals surface area contributed by atoms with Gasteiger partial charge in [-0.3, -0.25) is 9.59 Å². The van der Waals surface area contributed by atoms with Crippen LogP contribution in [0.4, 0.5) is 0 Å². The molecule has 1 amide bonds. The van der Waals surface area contributed by atoms with E-state index in [0.717, 1.165) is 6.61 Å². The van der Waals surface area contributed by atoms with E-state index < -0.39 is 11.4 Å². The fourth-order valence-electron chi connectivity index (χ4n) is 4.65. The minimum absolute atomic E-state index is 0.000162. The fourth-order valence-corrected chi connectivity index (χ4v) is 4.65. The summed E-state index contributed by atoms with van der Waals surface area (Å²) < 4.78 is 13.1. The van der Waals surface area contributed by atoms with Crippen molar-refractivity contribution in [3.63, 3.8) is 0 Å². The fraction of sp³-hybridized carbons (Fsp3) is 0.833. The van der Waals surface area contributed by atoms with Gasteiger partial charge in [-0.1, -0.05) is 38.8 Å². The maximum Gasteiger partial charge on any atom is 0.310 e. The summed E-state index contributed by atoms with van der Waals surface area (Å²) >= 11 is 0. The second-order valence-corrected chi connectivity index (χ2v) is 10.9. The van der Waals surface area contributed by atoms with E-state index in [2.05, 4.69) is 31.1 Å². The van der Waals surface area contributed by atoms with Gasteiger partial charge in [0.15, 0.2) is 0 Å². The molecule has 33 heavy (non-hydrogen) atoms. The van der Waals surface area contributed by atoms with E-state index >= 15 is 0 Å². The minimum Gasteiger partial charge on any atom is -0.481 e. The second-order valence-electron chi connectivity index (χ2n) is 10.9. The summed E-state index contributed by atoms with van der Waals surface area (Å²) in [5.41, 5.74) is -0.259. The van der Waals surface area contributed by atoms with Crippen LogP contribution in [0.1, 0.15) is 65.0 Å². The van der Waals surface area contributed by atoms with Crippen LogP contribution in [0.2, 0.25) is 0 Å². The van der Waals surface area contributed by atoms with Crippen LogP contribution in [-0.2, 0) is 32.0 Å². The molecule has 0 spiro atoms. The van der Waals surface area contributed by atoms with Crippen LogP contribution in [-0.4, -0.2) is 76.4 Å². The van der Waals surface area contributed by atoms with E-state index in [1.54, 1.807) is 9.58 Å². The number of rotatable bonds is 11. The zero-order valence-electron chi connectivity index (χ0n) is 20.4. The number of hydrogen-bond acceptors (Lipinski definition) is 6. The number of carbonyl (C=O) groups is 2. The predicted molar refractivity (Wildman–Crippen MR) is 123 cm³/mol. The van der Waals surface area contributed by atoms with Gasteiger partial charge in [0.2, 0.25) is 5.91 Å². The molecule has 0 radical (unpaired) electrons. The number of carboxylic acids is 1. The van der Waals surface area contributed by atoms with E-state index in [1.807, 2.05) is 6.20 Å². The highest BCUT2D eigenvalue weighted by Crippen LogP contribution is 2.35. The highest BCUT2D eigenvalue weighted by Gasteiger charge is 2.43. The summed E-state index contributed by atoms with van der Waals surface area (Å²) in [5.74, 6) is -0.232. The molecular formula is C24H40N4O5. The van der Waals surface area contributed by atoms with Gasteiger partial charge < -0.3 is 19.5 Å². The quantitative estimate of drug-likeness (QED) is 0.502. The van der Waals surface area contributed by atoms with Crippen molar-refractivity contribution in [3.05, 3.63) is 11.9 Å². The molecule has 9 heteroatoms. The zero-order valence-corrected chi connectivity index (χ0v) is 20.4.